The molecule has 1 aliphatic rings. The van der Waals surface area contributed by atoms with Crippen LogP contribution >= 0.6 is 0 Å². The number of halogens is 4. The number of amides is 2. The highest BCUT2D eigenvalue weighted by Crippen LogP contribution is 2.19. The van der Waals surface area contributed by atoms with Crippen molar-refractivity contribution < 1.29 is 27.2 Å². The number of carbonyl (C=O) groups excluding carboxylic acids is 2. The maximum Gasteiger partial charge on any atom is 0.471 e. The van der Waals surface area contributed by atoms with Gasteiger partial charge in [0.15, 0.2) is 0 Å². The summed E-state index contributed by atoms with van der Waals surface area (Å²) in [6.07, 6.45) is -0.991. The van der Waals surface area contributed by atoms with E-state index in [-0.39, 0.29) is 18.4 Å². The molecule has 1 fully saturated rings. The molecule has 1 aromatic rings. The molecule has 0 unspecified atom stereocenters. The van der Waals surface area contributed by atoms with Gasteiger partial charge in [-0.25, -0.2) is 4.39 Å². The van der Waals surface area contributed by atoms with E-state index in [1.165, 1.54) is 24.3 Å². The van der Waals surface area contributed by atoms with Crippen molar-refractivity contribution in [3.63, 3.8) is 0 Å². The van der Waals surface area contributed by atoms with Crippen molar-refractivity contribution >= 4 is 17.9 Å². The fraction of sp³-hybridized carbons (Fsp3) is 0.412. The van der Waals surface area contributed by atoms with Crippen LogP contribution in [0.25, 0.3) is 6.08 Å². The Morgan fingerprint density at radius 3 is 2.52 bits per heavy atom. The summed E-state index contributed by atoms with van der Waals surface area (Å²) in [6, 6.07) is 5.82. The van der Waals surface area contributed by atoms with Gasteiger partial charge in [-0.2, -0.15) is 13.2 Å². The van der Waals surface area contributed by atoms with Gasteiger partial charge in [-0.1, -0.05) is 12.1 Å². The normalized spacial score (nSPS) is 16.2. The van der Waals surface area contributed by atoms with E-state index >= 15 is 0 Å². The monoisotopic (exact) mass is 358 g/mol. The van der Waals surface area contributed by atoms with Crippen LogP contribution in [-0.4, -0.2) is 42.5 Å². The lowest BCUT2D eigenvalue weighted by molar-refractivity contribution is -0.173. The summed E-state index contributed by atoms with van der Waals surface area (Å²) in [5.41, 5.74) is 0.568. The van der Waals surface area contributed by atoms with Crippen molar-refractivity contribution in [1.29, 1.82) is 0 Å². The summed E-state index contributed by atoms with van der Waals surface area (Å²) < 4.78 is 49.4. The van der Waals surface area contributed by atoms with Crippen LogP contribution in [0, 0.1) is 11.7 Å². The number of piperidine rings is 1. The minimum Gasteiger partial charge on any atom is -0.348 e. The van der Waals surface area contributed by atoms with E-state index in [1.54, 1.807) is 17.0 Å². The van der Waals surface area contributed by atoms with E-state index in [0.29, 0.717) is 31.5 Å². The Labute approximate surface area is 142 Å². The van der Waals surface area contributed by atoms with Crippen LogP contribution in [0.5, 0.6) is 0 Å². The zero-order valence-electron chi connectivity index (χ0n) is 13.4. The lowest BCUT2D eigenvalue weighted by atomic mass is 9.96. The smallest absolute Gasteiger partial charge is 0.348 e. The van der Waals surface area contributed by atoms with Gasteiger partial charge in [0.25, 0.3) is 0 Å². The minimum absolute atomic E-state index is 0.0560. The second-order valence-corrected chi connectivity index (χ2v) is 5.86. The van der Waals surface area contributed by atoms with Crippen LogP contribution < -0.4 is 5.32 Å². The summed E-state index contributed by atoms with van der Waals surface area (Å²) in [4.78, 5) is 24.5. The number of carbonyl (C=O) groups is 2. The largest absolute Gasteiger partial charge is 0.471 e. The molecule has 2 amide bonds. The SMILES string of the molecule is O=C(/C=C/c1cccc(F)c1)N1CCC(CNC(=O)C(F)(F)F)CC1. The molecule has 0 atom stereocenters. The highest BCUT2D eigenvalue weighted by molar-refractivity contribution is 5.91. The summed E-state index contributed by atoms with van der Waals surface area (Å²) in [6.45, 7) is 0.747. The number of nitrogens with zero attached hydrogens (tertiary/aromatic N) is 1. The molecule has 0 spiro atoms. The van der Waals surface area contributed by atoms with Gasteiger partial charge in [-0.15, -0.1) is 0 Å². The molecule has 0 aromatic heterocycles. The highest BCUT2D eigenvalue weighted by Gasteiger charge is 2.38. The topological polar surface area (TPSA) is 49.4 Å². The first-order chi connectivity index (χ1) is 11.8. The predicted molar refractivity (Wildman–Crippen MR) is 83.8 cm³/mol. The van der Waals surface area contributed by atoms with E-state index in [2.05, 4.69) is 0 Å². The molecule has 0 saturated carbocycles. The zero-order valence-corrected chi connectivity index (χ0v) is 13.4. The van der Waals surface area contributed by atoms with Gasteiger partial charge in [-0.05, 0) is 42.5 Å². The first-order valence-electron chi connectivity index (χ1n) is 7.83. The van der Waals surface area contributed by atoms with Gasteiger partial charge < -0.3 is 10.2 Å². The molecule has 8 heteroatoms. The lowest BCUT2D eigenvalue weighted by Crippen LogP contribution is -2.43. The van der Waals surface area contributed by atoms with Crippen LogP contribution in [0.1, 0.15) is 18.4 Å². The number of hydrogen-bond donors (Lipinski definition) is 1. The predicted octanol–water partition coefficient (Wildman–Crippen LogP) is 2.76. The molecule has 1 saturated heterocycles. The summed E-state index contributed by atoms with van der Waals surface area (Å²) in [5, 5.41) is 1.87. The number of hydrogen-bond acceptors (Lipinski definition) is 2. The lowest BCUT2D eigenvalue weighted by Gasteiger charge is -2.31. The van der Waals surface area contributed by atoms with Crippen molar-refractivity contribution in [2.75, 3.05) is 19.6 Å². The van der Waals surface area contributed by atoms with Gasteiger partial charge in [0.2, 0.25) is 5.91 Å². The molecule has 1 heterocycles. The molecule has 2 rings (SSSR count). The van der Waals surface area contributed by atoms with Crippen LogP contribution in [0.4, 0.5) is 17.6 Å². The number of benzene rings is 1. The van der Waals surface area contributed by atoms with Gasteiger partial charge in [0, 0.05) is 25.7 Å². The van der Waals surface area contributed by atoms with E-state index in [0.717, 1.165) is 0 Å². The Hall–Kier alpha value is -2.38. The van der Waals surface area contributed by atoms with Gasteiger partial charge in [0.1, 0.15) is 5.82 Å². The van der Waals surface area contributed by atoms with Crippen LogP contribution in [0.3, 0.4) is 0 Å². The Morgan fingerprint density at radius 1 is 1.24 bits per heavy atom. The van der Waals surface area contributed by atoms with E-state index < -0.39 is 17.9 Å². The zero-order chi connectivity index (χ0) is 18.4. The standard InChI is InChI=1S/C17H18F4N2O2/c18-14-3-1-2-12(10-14)4-5-15(24)23-8-6-13(7-9-23)11-22-16(25)17(19,20)21/h1-5,10,13H,6-9,11H2,(H,22,25)/b5-4+. The average molecular weight is 358 g/mol. The minimum atomic E-state index is -4.88. The Bertz CT molecular complexity index is 650. The number of likely N-dealkylation sites (tertiary alicyclic amines) is 1. The van der Waals surface area contributed by atoms with Crippen molar-refractivity contribution in [2.45, 2.75) is 19.0 Å². The number of alkyl halides is 3. The Balaban J connectivity index is 1.77. The third-order valence-corrected chi connectivity index (χ3v) is 4.00. The molecule has 4 nitrogen and oxygen atoms in total. The first kappa shape index (κ1) is 19.0. The van der Waals surface area contributed by atoms with Crippen molar-refractivity contribution in [2.24, 2.45) is 5.92 Å². The molecule has 0 aliphatic carbocycles. The molecule has 1 N–H and O–H groups in total. The second kappa shape index (κ2) is 8.13. The van der Waals surface area contributed by atoms with Crippen molar-refractivity contribution in [3.8, 4) is 0 Å². The Morgan fingerprint density at radius 2 is 1.92 bits per heavy atom. The quantitative estimate of drug-likeness (QED) is 0.665. The fourth-order valence-electron chi connectivity index (χ4n) is 2.58. The van der Waals surface area contributed by atoms with E-state index in [9.17, 15) is 27.2 Å². The molecule has 0 bridgehead atoms. The van der Waals surface area contributed by atoms with Crippen molar-refractivity contribution in [3.05, 3.63) is 41.7 Å². The first-order valence-corrected chi connectivity index (χ1v) is 7.83. The summed E-state index contributed by atoms with van der Waals surface area (Å²) in [5.74, 6) is -2.66. The number of rotatable bonds is 4. The molecule has 136 valence electrons. The van der Waals surface area contributed by atoms with E-state index in [4.69, 9.17) is 0 Å². The highest BCUT2D eigenvalue weighted by atomic mass is 19.4. The molecular formula is C17H18F4N2O2. The van der Waals surface area contributed by atoms with Gasteiger partial charge in [-0.3, -0.25) is 9.59 Å². The summed E-state index contributed by atoms with van der Waals surface area (Å²) >= 11 is 0. The molecule has 1 aromatic carbocycles. The van der Waals surface area contributed by atoms with Gasteiger partial charge in [0.05, 0.1) is 0 Å². The van der Waals surface area contributed by atoms with Crippen molar-refractivity contribution in [1.82, 2.24) is 10.2 Å². The van der Waals surface area contributed by atoms with Crippen LogP contribution in [0.15, 0.2) is 30.3 Å². The third-order valence-electron chi connectivity index (χ3n) is 4.00. The van der Waals surface area contributed by atoms with Crippen LogP contribution in [0.2, 0.25) is 0 Å². The maximum atomic E-state index is 13.1. The molecular weight excluding hydrogens is 340 g/mol. The Kier molecular flexibility index (Phi) is 6.17. The maximum absolute atomic E-state index is 13.1. The molecule has 25 heavy (non-hydrogen) atoms. The molecule has 1 aliphatic heterocycles. The third kappa shape index (κ3) is 5.88. The molecule has 0 radical (unpaired) electrons. The van der Waals surface area contributed by atoms with E-state index in [1.807, 2.05) is 5.32 Å². The van der Waals surface area contributed by atoms with Crippen LogP contribution in [-0.2, 0) is 9.59 Å². The van der Waals surface area contributed by atoms with Gasteiger partial charge >= 0.3 is 12.1 Å². The fourth-order valence-corrected chi connectivity index (χ4v) is 2.58. The second-order valence-electron chi connectivity index (χ2n) is 5.86. The number of nitrogens with one attached hydrogen (secondary N) is 1. The summed E-state index contributed by atoms with van der Waals surface area (Å²) in [7, 11) is 0. The average Bonchev–Trinajstić information content (AvgIpc) is 2.57.